The summed E-state index contributed by atoms with van der Waals surface area (Å²) in [5.74, 6) is 0.330. The molecule has 2 rings (SSSR count). The molecule has 5 heteroatoms. The summed E-state index contributed by atoms with van der Waals surface area (Å²) in [6, 6.07) is 4.47. The van der Waals surface area contributed by atoms with Crippen molar-refractivity contribution in [3.63, 3.8) is 0 Å². The Morgan fingerprint density at radius 3 is 2.78 bits per heavy atom. The van der Waals surface area contributed by atoms with Gasteiger partial charge in [0, 0.05) is 12.2 Å². The van der Waals surface area contributed by atoms with E-state index in [0.717, 1.165) is 5.69 Å². The summed E-state index contributed by atoms with van der Waals surface area (Å²) in [6.45, 7) is 6.02. The number of anilines is 2. The number of benzene rings is 1. The van der Waals surface area contributed by atoms with Crippen molar-refractivity contribution in [1.29, 1.82) is 0 Å². The van der Waals surface area contributed by atoms with Gasteiger partial charge in [0.1, 0.15) is 5.82 Å². The number of nitrogens with zero attached hydrogens (tertiary/aromatic N) is 2. The van der Waals surface area contributed by atoms with Gasteiger partial charge in [-0.25, -0.2) is 9.37 Å². The van der Waals surface area contributed by atoms with Crippen LogP contribution in [0.3, 0.4) is 0 Å². The van der Waals surface area contributed by atoms with Gasteiger partial charge in [0.2, 0.25) is 5.95 Å². The van der Waals surface area contributed by atoms with E-state index in [9.17, 15) is 4.39 Å². The average molecular weight is 268 g/mol. The maximum atomic E-state index is 13.2. The van der Waals surface area contributed by atoms with Crippen molar-refractivity contribution in [1.82, 2.24) is 9.55 Å². The smallest absolute Gasteiger partial charge is 0.207 e. The number of halogens is 2. The molecule has 0 unspecified atom stereocenters. The third-order valence-corrected chi connectivity index (χ3v) is 2.91. The number of hydrogen-bond acceptors (Lipinski definition) is 2. The molecule has 0 aliphatic rings. The fourth-order valence-corrected chi connectivity index (χ4v) is 1.88. The van der Waals surface area contributed by atoms with Gasteiger partial charge in [0.05, 0.1) is 16.4 Å². The molecule has 1 heterocycles. The minimum atomic E-state index is -0.332. The van der Waals surface area contributed by atoms with E-state index < -0.39 is 0 Å². The van der Waals surface area contributed by atoms with Gasteiger partial charge in [-0.2, -0.15) is 0 Å². The standard InChI is InChI=1S/C13H15ClFN3/c1-8(2)18-7-9(3)16-13(18)17-12-6-10(15)4-5-11(12)14/h4-8H,1-3H3,(H,16,17). The molecule has 1 aromatic heterocycles. The van der Waals surface area contributed by atoms with Crippen molar-refractivity contribution in [2.45, 2.75) is 26.8 Å². The van der Waals surface area contributed by atoms with E-state index in [1.165, 1.54) is 18.2 Å². The Morgan fingerprint density at radius 2 is 2.11 bits per heavy atom. The Kier molecular flexibility index (Phi) is 3.57. The van der Waals surface area contributed by atoms with Crippen LogP contribution in [0.5, 0.6) is 0 Å². The van der Waals surface area contributed by atoms with Crippen LogP contribution in [0.25, 0.3) is 0 Å². The summed E-state index contributed by atoms with van der Waals surface area (Å²) in [4.78, 5) is 4.37. The van der Waals surface area contributed by atoms with Gasteiger partial charge in [-0.15, -0.1) is 0 Å². The van der Waals surface area contributed by atoms with Crippen molar-refractivity contribution in [3.05, 3.63) is 40.9 Å². The molecule has 0 aliphatic carbocycles. The highest BCUT2D eigenvalue weighted by Crippen LogP contribution is 2.27. The maximum absolute atomic E-state index is 13.2. The van der Waals surface area contributed by atoms with E-state index in [2.05, 4.69) is 24.1 Å². The quantitative estimate of drug-likeness (QED) is 0.898. The number of rotatable bonds is 3. The van der Waals surface area contributed by atoms with Crippen LogP contribution in [0.15, 0.2) is 24.4 Å². The van der Waals surface area contributed by atoms with Gasteiger partial charge in [0.15, 0.2) is 0 Å². The summed E-state index contributed by atoms with van der Waals surface area (Å²) in [7, 11) is 0. The lowest BCUT2D eigenvalue weighted by Crippen LogP contribution is -2.05. The van der Waals surface area contributed by atoms with E-state index in [0.29, 0.717) is 16.7 Å². The van der Waals surface area contributed by atoms with Gasteiger partial charge < -0.3 is 9.88 Å². The van der Waals surface area contributed by atoms with E-state index >= 15 is 0 Å². The van der Waals surface area contributed by atoms with E-state index in [1.54, 1.807) is 0 Å². The zero-order valence-electron chi connectivity index (χ0n) is 10.5. The minimum absolute atomic E-state index is 0.265. The Labute approximate surface area is 111 Å². The summed E-state index contributed by atoms with van der Waals surface area (Å²) in [6.07, 6.45) is 1.94. The largest absolute Gasteiger partial charge is 0.324 e. The topological polar surface area (TPSA) is 29.9 Å². The lowest BCUT2D eigenvalue weighted by molar-refractivity contribution is 0.607. The molecule has 0 aliphatic heterocycles. The average Bonchev–Trinajstić information content (AvgIpc) is 2.65. The fourth-order valence-electron chi connectivity index (χ4n) is 1.72. The van der Waals surface area contributed by atoms with Crippen molar-refractivity contribution in [3.8, 4) is 0 Å². The highest BCUT2D eigenvalue weighted by Gasteiger charge is 2.10. The molecular weight excluding hydrogens is 253 g/mol. The molecule has 96 valence electrons. The van der Waals surface area contributed by atoms with E-state index in [1.807, 2.05) is 17.7 Å². The fraction of sp³-hybridized carbons (Fsp3) is 0.308. The zero-order valence-corrected chi connectivity index (χ0v) is 11.3. The van der Waals surface area contributed by atoms with Gasteiger partial charge in [-0.05, 0) is 39.0 Å². The summed E-state index contributed by atoms with van der Waals surface area (Å²) < 4.78 is 15.2. The van der Waals surface area contributed by atoms with Crippen molar-refractivity contribution >= 4 is 23.2 Å². The molecule has 2 aromatic rings. The van der Waals surface area contributed by atoms with Gasteiger partial charge in [-0.1, -0.05) is 11.6 Å². The van der Waals surface area contributed by atoms with Crippen LogP contribution in [0.4, 0.5) is 16.0 Å². The van der Waals surface area contributed by atoms with E-state index in [4.69, 9.17) is 11.6 Å². The van der Waals surface area contributed by atoms with E-state index in [-0.39, 0.29) is 11.9 Å². The maximum Gasteiger partial charge on any atom is 0.207 e. The van der Waals surface area contributed by atoms with Gasteiger partial charge >= 0.3 is 0 Å². The van der Waals surface area contributed by atoms with Crippen LogP contribution in [-0.4, -0.2) is 9.55 Å². The molecule has 0 saturated heterocycles. The summed E-state index contributed by atoms with van der Waals surface area (Å²) in [5, 5.41) is 3.53. The molecule has 0 saturated carbocycles. The molecule has 0 amide bonds. The lowest BCUT2D eigenvalue weighted by Gasteiger charge is -2.13. The summed E-state index contributed by atoms with van der Waals surface area (Å²) >= 11 is 6.02. The molecule has 0 bridgehead atoms. The minimum Gasteiger partial charge on any atom is -0.324 e. The zero-order chi connectivity index (χ0) is 13.3. The first-order valence-electron chi connectivity index (χ1n) is 5.75. The SMILES string of the molecule is Cc1cn(C(C)C)c(Nc2cc(F)ccc2Cl)n1. The monoisotopic (exact) mass is 267 g/mol. The van der Waals surface area contributed by atoms with Gasteiger partial charge in [0.25, 0.3) is 0 Å². The van der Waals surface area contributed by atoms with Crippen LogP contribution in [-0.2, 0) is 0 Å². The Balaban J connectivity index is 2.36. The molecule has 0 atom stereocenters. The molecular formula is C13H15ClFN3. The number of nitrogens with one attached hydrogen (secondary N) is 1. The molecule has 18 heavy (non-hydrogen) atoms. The second-order valence-corrected chi connectivity index (χ2v) is 4.86. The third-order valence-electron chi connectivity index (χ3n) is 2.58. The Bertz CT molecular complexity index is 563. The first-order valence-corrected chi connectivity index (χ1v) is 6.12. The van der Waals surface area contributed by atoms with Crippen molar-refractivity contribution in [2.24, 2.45) is 0 Å². The first kappa shape index (κ1) is 12.9. The van der Waals surface area contributed by atoms with Crippen molar-refractivity contribution in [2.75, 3.05) is 5.32 Å². The molecule has 1 aromatic carbocycles. The lowest BCUT2D eigenvalue weighted by atomic mass is 10.3. The molecule has 1 N–H and O–H groups in total. The second-order valence-electron chi connectivity index (χ2n) is 4.46. The molecule has 0 fully saturated rings. The molecule has 3 nitrogen and oxygen atoms in total. The van der Waals surface area contributed by atoms with Gasteiger partial charge in [-0.3, -0.25) is 0 Å². The second kappa shape index (κ2) is 4.98. The first-order chi connectivity index (χ1) is 8.47. The number of aromatic nitrogens is 2. The Morgan fingerprint density at radius 1 is 1.39 bits per heavy atom. The predicted molar refractivity (Wildman–Crippen MR) is 72.0 cm³/mol. The summed E-state index contributed by atoms with van der Waals surface area (Å²) in [5.41, 5.74) is 1.42. The van der Waals surface area contributed by atoms with Crippen LogP contribution in [0, 0.1) is 12.7 Å². The molecule has 0 radical (unpaired) electrons. The van der Waals surface area contributed by atoms with Crippen LogP contribution in [0.2, 0.25) is 5.02 Å². The number of hydrogen-bond donors (Lipinski definition) is 1. The van der Waals surface area contributed by atoms with Crippen LogP contribution < -0.4 is 5.32 Å². The van der Waals surface area contributed by atoms with Crippen LogP contribution >= 0.6 is 11.6 Å². The van der Waals surface area contributed by atoms with Crippen LogP contribution in [0.1, 0.15) is 25.6 Å². The number of imidazole rings is 1. The highest BCUT2D eigenvalue weighted by molar-refractivity contribution is 6.33. The number of aryl methyl sites for hydroxylation is 1. The normalized spacial score (nSPS) is 11.0. The third kappa shape index (κ3) is 2.64. The highest BCUT2D eigenvalue weighted by atomic mass is 35.5. The Hall–Kier alpha value is -1.55. The predicted octanol–water partition coefficient (Wildman–Crippen LogP) is 4.31. The van der Waals surface area contributed by atoms with Crippen molar-refractivity contribution < 1.29 is 4.39 Å². The molecule has 0 spiro atoms.